The molecule has 0 aromatic carbocycles. The fourth-order valence-electron chi connectivity index (χ4n) is 1.81. The molecule has 0 aliphatic rings. The van der Waals surface area contributed by atoms with E-state index in [1.165, 1.54) is 70.6 Å². The van der Waals surface area contributed by atoms with E-state index < -0.39 is 0 Å². The van der Waals surface area contributed by atoms with Gasteiger partial charge in [0.25, 0.3) is 0 Å². The van der Waals surface area contributed by atoms with Gasteiger partial charge in [0.15, 0.2) is 0 Å². The van der Waals surface area contributed by atoms with Gasteiger partial charge in [-0.25, -0.2) is 0 Å². The van der Waals surface area contributed by atoms with Crippen molar-refractivity contribution < 1.29 is 0 Å². The molecular formula is C15H29Cl. The van der Waals surface area contributed by atoms with Gasteiger partial charge in [-0.2, -0.15) is 0 Å². The van der Waals surface area contributed by atoms with Gasteiger partial charge in [0.05, 0.1) is 0 Å². The minimum atomic E-state index is 0.821. The van der Waals surface area contributed by atoms with E-state index in [2.05, 4.69) is 19.1 Å². The summed E-state index contributed by atoms with van der Waals surface area (Å²) in [4.78, 5) is 0. The second kappa shape index (κ2) is 15.0. The van der Waals surface area contributed by atoms with Crippen LogP contribution in [0, 0.1) is 0 Å². The molecule has 0 N–H and O–H groups in total. The molecule has 16 heavy (non-hydrogen) atoms. The Morgan fingerprint density at radius 3 is 1.75 bits per heavy atom. The van der Waals surface area contributed by atoms with Crippen molar-refractivity contribution in [1.29, 1.82) is 0 Å². The van der Waals surface area contributed by atoms with E-state index in [1.54, 1.807) is 0 Å². The lowest BCUT2D eigenvalue weighted by molar-refractivity contribution is 0.611. The molecule has 0 aliphatic carbocycles. The first-order chi connectivity index (χ1) is 7.91. The third kappa shape index (κ3) is 14.0. The maximum atomic E-state index is 5.62. The molecule has 0 nitrogen and oxygen atoms in total. The van der Waals surface area contributed by atoms with Gasteiger partial charge >= 0.3 is 0 Å². The summed E-state index contributed by atoms with van der Waals surface area (Å²) in [6.45, 7) is 2.27. The zero-order valence-electron chi connectivity index (χ0n) is 11.0. The molecule has 0 saturated carbocycles. The Morgan fingerprint density at radius 2 is 1.19 bits per heavy atom. The maximum absolute atomic E-state index is 5.62. The predicted octanol–water partition coefficient (Wildman–Crippen LogP) is 6.09. The van der Waals surface area contributed by atoms with Crippen molar-refractivity contribution in [2.24, 2.45) is 0 Å². The van der Waals surface area contributed by atoms with Crippen LogP contribution in [-0.2, 0) is 0 Å². The van der Waals surface area contributed by atoms with Gasteiger partial charge in [-0.3, -0.25) is 0 Å². The molecule has 0 atom stereocenters. The molecule has 0 spiro atoms. The summed E-state index contributed by atoms with van der Waals surface area (Å²) in [6.07, 6.45) is 19.4. The topological polar surface area (TPSA) is 0 Å². The van der Waals surface area contributed by atoms with E-state index in [9.17, 15) is 0 Å². The van der Waals surface area contributed by atoms with Crippen LogP contribution in [0.1, 0.15) is 77.6 Å². The van der Waals surface area contributed by atoms with Crippen molar-refractivity contribution in [3.63, 3.8) is 0 Å². The summed E-state index contributed by atoms with van der Waals surface area (Å²) in [5.74, 6) is 0.821. The Labute approximate surface area is 107 Å². The molecule has 0 rings (SSSR count). The third-order valence-electron chi connectivity index (χ3n) is 2.90. The van der Waals surface area contributed by atoms with Gasteiger partial charge in [-0.1, -0.05) is 57.6 Å². The lowest BCUT2D eigenvalue weighted by Gasteiger charge is -1.97. The second-order valence-corrected chi connectivity index (χ2v) is 4.94. The molecule has 0 bridgehead atoms. The van der Waals surface area contributed by atoms with Gasteiger partial charge < -0.3 is 0 Å². The summed E-state index contributed by atoms with van der Waals surface area (Å²) in [5.41, 5.74) is 0. The normalized spacial score (nSPS) is 11.4. The number of alkyl halides is 1. The van der Waals surface area contributed by atoms with Crippen LogP contribution >= 0.6 is 11.6 Å². The molecule has 0 aromatic rings. The Hall–Kier alpha value is 0.0300. The smallest absolute Gasteiger partial charge is 0.0223 e. The number of hydrogen-bond acceptors (Lipinski definition) is 0. The predicted molar refractivity (Wildman–Crippen MR) is 76.3 cm³/mol. The largest absolute Gasteiger partial charge is 0.127 e. The molecule has 0 aliphatic heterocycles. The molecule has 0 fully saturated rings. The Bertz CT molecular complexity index is 140. The average molecular weight is 245 g/mol. The first-order valence-corrected chi connectivity index (χ1v) is 7.66. The van der Waals surface area contributed by atoms with Crippen molar-refractivity contribution >= 4 is 11.6 Å². The highest BCUT2D eigenvalue weighted by atomic mass is 35.5. The van der Waals surface area contributed by atoms with Crippen molar-refractivity contribution in [1.82, 2.24) is 0 Å². The molecule has 0 amide bonds. The fourth-order valence-corrected chi connectivity index (χ4v) is 2.00. The first kappa shape index (κ1) is 16.0. The van der Waals surface area contributed by atoms with E-state index in [0.717, 1.165) is 5.88 Å². The van der Waals surface area contributed by atoms with Crippen molar-refractivity contribution in [3.05, 3.63) is 12.2 Å². The van der Waals surface area contributed by atoms with Crippen molar-refractivity contribution in [2.75, 3.05) is 5.88 Å². The molecule has 96 valence electrons. The van der Waals surface area contributed by atoms with Gasteiger partial charge in [0, 0.05) is 5.88 Å². The zero-order chi connectivity index (χ0) is 11.9. The van der Waals surface area contributed by atoms with Crippen LogP contribution in [0.3, 0.4) is 0 Å². The minimum absolute atomic E-state index is 0.821. The van der Waals surface area contributed by atoms with E-state index in [0.29, 0.717) is 0 Å². The Balaban J connectivity index is 2.98. The van der Waals surface area contributed by atoms with Crippen LogP contribution in [-0.4, -0.2) is 5.88 Å². The molecular weight excluding hydrogens is 216 g/mol. The fraction of sp³-hybridized carbons (Fsp3) is 0.867. The molecule has 1 heteroatoms. The third-order valence-corrected chi connectivity index (χ3v) is 3.16. The SMILES string of the molecule is CCCCCCCCC=CCCCCCCl. The number of rotatable bonds is 12. The summed E-state index contributed by atoms with van der Waals surface area (Å²) in [7, 11) is 0. The van der Waals surface area contributed by atoms with Gasteiger partial charge in [0.2, 0.25) is 0 Å². The summed E-state index contributed by atoms with van der Waals surface area (Å²) in [6, 6.07) is 0. The van der Waals surface area contributed by atoms with Crippen LogP contribution in [0.25, 0.3) is 0 Å². The monoisotopic (exact) mass is 244 g/mol. The Kier molecular flexibility index (Phi) is 15.1. The van der Waals surface area contributed by atoms with Crippen LogP contribution in [0.4, 0.5) is 0 Å². The lowest BCUT2D eigenvalue weighted by atomic mass is 10.1. The number of unbranched alkanes of at least 4 members (excludes halogenated alkanes) is 9. The van der Waals surface area contributed by atoms with Gasteiger partial charge in [-0.15, -0.1) is 11.6 Å². The lowest BCUT2D eigenvalue weighted by Crippen LogP contribution is -1.78. The van der Waals surface area contributed by atoms with Crippen LogP contribution in [0.2, 0.25) is 0 Å². The zero-order valence-corrected chi connectivity index (χ0v) is 11.8. The summed E-state index contributed by atoms with van der Waals surface area (Å²) < 4.78 is 0. The van der Waals surface area contributed by atoms with Crippen LogP contribution < -0.4 is 0 Å². The van der Waals surface area contributed by atoms with E-state index in [-0.39, 0.29) is 0 Å². The summed E-state index contributed by atoms with van der Waals surface area (Å²) in [5, 5.41) is 0. The van der Waals surface area contributed by atoms with E-state index in [1.807, 2.05) is 0 Å². The number of halogens is 1. The average Bonchev–Trinajstić information content (AvgIpc) is 2.31. The van der Waals surface area contributed by atoms with E-state index >= 15 is 0 Å². The van der Waals surface area contributed by atoms with Crippen LogP contribution in [0.5, 0.6) is 0 Å². The van der Waals surface area contributed by atoms with Crippen LogP contribution in [0.15, 0.2) is 12.2 Å². The van der Waals surface area contributed by atoms with E-state index in [4.69, 9.17) is 11.6 Å². The number of allylic oxidation sites excluding steroid dienone is 2. The number of hydrogen-bond donors (Lipinski definition) is 0. The maximum Gasteiger partial charge on any atom is 0.0223 e. The molecule has 0 heterocycles. The minimum Gasteiger partial charge on any atom is -0.127 e. The summed E-state index contributed by atoms with van der Waals surface area (Å²) >= 11 is 5.62. The molecule has 0 unspecified atom stereocenters. The molecule has 0 saturated heterocycles. The Morgan fingerprint density at radius 1 is 0.688 bits per heavy atom. The van der Waals surface area contributed by atoms with Crippen molar-refractivity contribution in [2.45, 2.75) is 77.6 Å². The quantitative estimate of drug-likeness (QED) is 0.221. The first-order valence-electron chi connectivity index (χ1n) is 7.12. The molecule has 0 radical (unpaired) electrons. The molecule has 0 aromatic heterocycles. The highest BCUT2D eigenvalue weighted by Crippen LogP contribution is 2.08. The standard InChI is InChI=1S/C15H29Cl/c1-2-3-4-5-6-7-8-9-10-11-12-13-14-15-16/h9-10H,2-8,11-15H2,1H3. The highest BCUT2D eigenvalue weighted by molar-refractivity contribution is 6.17. The second-order valence-electron chi connectivity index (χ2n) is 4.57. The highest BCUT2D eigenvalue weighted by Gasteiger charge is 1.88. The van der Waals surface area contributed by atoms with Crippen molar-refractivity contribution in [3.8, 4) is 0 Å². The van der Waals surface area contributed by atoms with Gasteiger partial charge in [-0.05, 0) is 32.1 Å². The van der Waals surface area contributed by atoms with Gasteiger partial charge in [0.1, 0.15) is 0 Å².